The summed E-state index contributed by atoms with van der Waals surface area (Å²) in [5.74, 6) is -0.574. The van der Waals surface area contributed by atoms with Crippen LogP contribution in [0.15, 0.2) is 76.3 Å². The molecule has 0 aliphatic rings. The van der Waals surface area contributed by atoms with Crippen molar-refractivity contribution in [2.75, 3.05) is 5.32 Å². The molecule has 0 spiro atoms. The summed E-state index contributed by atoms with van der Waals surface area (Å²) in [7, 11) is 0. The molecule has 0 radical (unpaired) electrons. The predicted octanol–water partition coefficient (Wildman–Crippen LogP) is 4.17. The van der Waals surface area contributed by atoms with Gasteiger partial charge in [0.25, 0.3) is 11.8 Å². The molecule has 0 atom stereocenters. The lowest BCUT2D eigenvalue weighted by Crippen LogP contribution is -2.18. The van der Waals surface area contributed by atoms with Crippen LogP contribution in [0.5, 0.6) is 0 Å². The molecule has 0 bridgehead atoms. The van der Waals surface area contributed by atoms with E-state index in [-0.39, 0.29) is 11.8 Å². The van der Waals surface area contributed by atoms with Gasteiger partial charge < -0.3 is 5.32 Å². The van der Waals surface area contributed by atoms with Crippen LogP contribution in [0.25, 0.3) is 0 Å². The van der Waals surface area contributed by atoms with Crippen molar-refractivity contribution in [2.45, 2.75) is 6.92 Å². The molecule has 3 rings (SSSR count). The van der Waals surface area contributed by atoms with Crippen LogP contribution in [0.3, 0.4) is 0 Å². The minimum atomic E-state index is -0.352. The highest BCUT2D eigenvalue weighted by atomic mass is 79.9. The molecule has 2 aromatic carbocycles. The van der Waals surface area contributed by atoms with Gasteiger partial charge in [0.05, 0.1) is 11.9 Å². The van der Waals surface area contributed by atoms with E-state index in [1.807, 2.05) is 19.1 Å². The number of hydrogen-bond acceptors (Lipinski definition) is 4. The quantitative estimate of drug-likeness (QED) is 0.464. The number of amides is 2. The smallest absolute Gasteiger partial charge is 0.271 e. The fraction of sp³-hybridized carbons (Fsp3) is 0.0476. The van der Waals surface area contributed by atoms with E-state index >= 15 is 0 Å². The van der Waals surface area contributed by atoms with Gasteiger partial charge in [0.2, 0.25) is 0 Å². The standard InChI is InChI=1S/C21H17BrN4O2/c1-14-3-2-4-19(24-14)13-23-26-21(28)16-7-11-18(12-8-16)25-20(27)15-5-9-17(22)10-6-15/h2-13H,1H3,(H,25,27)(H,26,28)/b23-13-. The largest absolute Gasteiger partial charge is 0.322 e. The number of carbonyl (C=O) groups is 2. The molecule has 6 nitrogen and oxygen atoms in total. The molecule has 0 aliphatic carbocycles. The maximum absolute atomic E-state index is 12.2. The number of hydrogen-bond donors (Lipinski definition) is 2. The van der Waals surface area contributed by atoms with Gasteiger partial charge in [0, 0.05) is 27.0 Å². The third kappa shape index (κ3) is 5.34. The maximum Gasteiger partial charge on any atom is 0.271 e. The fourth-order valence-corrected chi connectivity index (χ4v) is 2.63. The van der Waals surface area contributed by atoms with Crippen LogP contribution in [0.4, 0.5) is 5.69 Å². The monoisotopic (exact) mass is 436 g/mol. The van der Waals surface area contributed by atoms with E-state index in [1.165, 1.54) is 6.21 Å². The number of hydrazone groups is 1. The molecule has 2 N–H and O–H groups in total. The van der Waals surface area contributed by atoms with Crippen LogP contribution >= 0.6 is 15.9 Å². The zero-order valence-electron chi connectivity index (χ0n) is 15.0. The zero-order valence-corrected chi connectivity index (χ0v) is 16.6. The topological polar surface area (TPSA) is 83.5 Å². The van der Waals surface area contributed by atoms with Crippen molar-refractivity contribution in [1.82, 2.24) is 10.4 Å². The summed E-state index contributed by atoms with van der Waals surface area (Å²) in [6, 6.07) is 19.2. The van der Waals surface area contributed by atoms with Crippen molar-refractivity contribution >= 4 is 39.6 Å². The second-order valence-corrected chi connectivity index (χ2v) is 6.86. The summed E-state index contributed by atoms with van der Waals surface area (Å²) in [6.45, 7) is 1.88. The highest BCUT2D eigenvalue weighted by molar-refractivity contribution is 9.10. The first-order valence-corrected chi connectivity index (χ1v) is 9.24. The Morgan fingerprint density at radius 2 is 1.57 bits per heavy atom. The fourth-order valence-electron chi connectivity index (χ4n) is 2.37. The second kappa shape index (κ2) is 9.05. The molecule has 0 fully saturated rings. The van der Waals surface area contributed by atoms with E-state index < -0.39 is 0 Å². The van der Waals surface area contributed by atoms with E-state index in [1.54, 1.807) is 54.6 Å². The van der Waals surface area contributed by atoms with Crippen molar-refractivity contribution in [1.29, 1.82) is 0 Å². The molecule has 0 saturated carbocycles. The zero-order chi connectivity index (χ0) is 19.9. The van der Waals surface area contributed by atoms with Gasteiger partial charge >= 0.3 is 0 Å². The van der Waals surface area contributed by atoms with Crippen LogP contribution in [-0.4, -0.2) is 23.0 Å². The Morgan fingerprint density at radius 1 is 0.929 bits per heavy atom. The van der Waals surface area contributed by atoms with Crippen molar-refractivity contribution < 1.29 is 9.59 Å². The number of benzene rings is 2. The average molecular weight is 437 g/mol. The van der Waals surface area contributed by atoms with Crippen molar-refractivity contribution in [2.24, 2.45) is 5.10 Å². The lowest BCUT2D eigenvalue weighted by atomic mass is 10.1. The van der Waals surface area contributed by atoms with Crippen molar-refractivity contribution in [3.8, 4) is 0 Å². The lowest BCUT2D eigenvalue weighted by molar-refractivity contribution is 0.0954. The predicted molar refractivity (Wildman–Crippen MR) is 113 cm³/mol. The molecular weight excluding hydrogens is 420 g/mol. The Labute approximate surface area is 170 Å². The molecule has 28 heavy (non-hydrogen) atoms. The Kier molecular flexibility index (Phi) is 6.29. The molecule has 140 valence electrons. The summed E-state index contributed by atoms with van der Waals surface area (Å²) in [4.78, 5) is 28.6. The van der Waals surface area contributed by atoms with Gasteiger partial charge in [-0.25, -0.2) is 5.43 Å². The van der Waals surface area contributed by atoms with Gasteiger partial charge in [-0.1, -0.05) is 22.0 Å². The average Bonchev–Trinajstić information content (AvgIpc) is 2.69. The van der Waals surface area contributed by atoms with E-state index in [4.69, 9.17) is 0 Å². The Balaban J connectivity index is 1.58. The molecule has 7 heteroatoms. The first-order chi connectivity index (χ1) is 13.5. The van der Waals surface area contributed by atoms with E-state index in [2.05, 4.69) is 36.8 Å². The first-order valence-electron chi connectivity index (χ1n) is 8.45. The maximum atomic E-state index is 12.2. The van der Waals surface area contributed by atoms with E-state index in [9.17, 15) is 9.59 Å². The molecule has 0 aliphatic heterocycles. The third-order valence-corrected chi connectivity index (χ3v) is 4.31. The number of pyridine rings is 1. The summed E-state index contributed by atoms with van der Waals surface area (Å²) < 4.78 is 0.903. The summed E-state index contributed by atoms with van der Waals surface area (Å²) in [6.07, 6.45) is 1.48. The Bertz CT molecular complexity index is 1020. The van der Waals surface area contributed by atoms with Crippen LogP contribution in [0.2, 0.25) is 0 Å². The molecular formula is C21H17BrN4O2. The number of aryl methyl sites for hydroxylation is 1. The van der Waals surface area contributed by atoms with Gasteiger partial charge in [0.1, 0.15) is 0 Å². The molecule has 1 heterocycles. The molecule has 3 aromatic rings. The molecule has 0 saturated heterocycles. The summed E-state index contributed by atoms with van der Waals surface area (Å²) >= 11 is 3.33. The Morgan fingerprint density at radius 3 is 2.25 bits per heavy atom. The van der Waals surface area contributed by atoms with Crippen molar-refractivity contribution in [3.05, 3.63) is 93.7 Å². The Hall–Kier alpha value is -3.32. The van der Waals surface area contributed by atoms with Crippen LogP contribution in [-0.2, 0) is 0 Å². The molecule has 0 unspecified atom stereocenters. The first kappa shape index (κ1) is 19.4. The summed E-state index contributed by atoms with van der Waals surface area (Å²) in [5.41, 5.74) is 5.55. The van der Waals surface area contributed by atoms with Gasteiger partial charge in [-0.05, 0) is 67.6 Å². The lowest BCUT2D eigenvalue weighted by Gasteiger charge is -2.06. The number of aromatic nitrogens is 1. The van der Waals surface area contributed by atoms with E-state index in [0.29, 0.717) is 22.5 Å². The minimum absolute atomic E-state index is 0.222. The van der Waals surface area contributed by atoms with Gasteiger partial charge in [-0.15, -0.1) is 0 Å². The third-order valence-electron chi connectivity index (χ3n) is 3.78. The number of anilines is 1. The molecule has 1 aromatic heterocycles. The summed E-state index contributed by atoms with van der Waals surface area (Å²) in [5, 5.41) is 6.71. The van der Waals surface area contributed by atoms with Gasteiger partial charge in [-0.2, -0.15) is 5.10 Å². The second-order valence-electron chi connectivity index (χ2n) is 5.94. The van der Waals surface area contributed by atoms with Crippen LogP contribution in [0, 0.1) is 6.92 Å². The number of nitrogens with zero attached hydrogens (tertiary/aromatic N) is 2. The van der Waals surface area contributed by atoms with Gasteiger partial charge in [-0.3, -0.25) is 14.6 Å². The minimum Gasteiger partial charge on any atom is -0.322 e. The number of carbonyl (C=O) groups excluding carboxylic acids is 2. The van der Waals surface area contributed by atoms with Crippen molar-refractivity contribution in [3.63, 3.8) is 0 Å². The number of rotatable bonds is 5. The number of halogens is 1. The van der Waals surface area contributed by atoms with Crippen LogP contribution in [0.1, 0.15) is 32.1 Å². The SMILES string of the molecule is Cc1cccc(/C=N\NC(=O)c2ccc(NC(=O)c3ccc(Br)cc3)cc2)n1. The van der Waals surface area contributed by atoms with Crippen LogP contribution < -0.4 is 10.7 Å². The molecule has 2 amide bonds. The van der Waals surface area contributed by atoms with E-state index in [0.717, 1.165) is 10.2 Å². The highest BCUT2D eigenvalue weighted by Gasteiger charge is 2.08. The van der Waals surface area contributed by atoms with Gasteiger partial charge in [0.15, 0.2) is 0 Å². The highest BCUT2D eigenvalue weighted by Crippen LogP contribution is 2.14. The number of nitrogens with one attached hydrogen (secondary N) is 2. The normalized spacial score (nSPS) is 10.6.